The zero-order valence-electron chi connectivity index (χ0n) is 21.4. The molecule has 3 fully saturated rings. The molecular weight excluding hydrogens is 479 g/mol. The molecule has 2 bridgehead atoms. The van der Waals surface area contributed by atoms with E-state index in [1.54, 1.807) is 12.3 Å². The number of aliphatic hydroxyl groups excluding tert-OH is 1. The first-order chi connectivity index (χ1) is 18.5. The Labute approximate surface area is 220 Å². The van der Waals surface area contributed by atoms with Crippen LogP contribution in [0.5, 0.6) is 0 Å². The van der Waals surface area contributed by atoms with Gasteiger partial charge in [0.2, 0.25) is 0 Å². The number of allylic oxidation sites excluding steroid dienone is 3. The molecule has 2 aromatic heterocycles. The van der Waals surface area contributed by atoms with Gasteiger partial charge < -0.3 is 14.6 Å². The van der Waals surface area contributed by atoms with E-state index in [1.807, 2.05) is 30.2 Å². The van der Waals surface area contributed by atoms with Crippen LogP contribution >= 0.6 is 0 Å². The van der Waals surface area contributed by atoms with Crippen LogP contribution in [0.25, 0.3) is 22.2 Å². The van der Waals surface area contributed by atoms with E-state index in [1.165, 1.54) is 12.8 Å². The molecule has 194 valence electrons. The van der Waals surface area contributed by atoms with Gasteiger partial charge in [-0.25, -0.2) is 9.37 Å². The van der Waals surface area contributed by atoms with Crippen molar-refractivity contribution in [1.29, 1.82) is 0 Å². The van der Waals surface area contributed by atoms with Crippen molar-refractivity contribution in [2.24, 2.45) is 23.7 Å². The highest BCUT2D eigenvalue weighted by molar-refractivity contribution is 5.96. The van der Waals surface area contributed by atoms with Crippen molar-refractivity contribution in [1.82, 2.24) is 19.4 Å². The van der Waals surface area contributed by atoms with Gasteiger partial charge in [-0.1, -0.05) is 24.3 Å². The molecule has 1 saturated heterocycles. The summed E-state index contributed by atoms with van der Waals surface area (Å²) in [5.74, 6) is 2.37. The standard InChI is InChI=1S/C31H31FN4O2/c1-35-27-13-26(28-21(17-5-6-17)3-2-4-22(28)31(35)38)36-25-12-18(7-8-24(25)34-30(27)36)20-11-23(32)29(33-14-20)19-9-16(10-19)15-37/h2-4,7-8,11-12,14,16-17,19,21,26-28,37H,5-6,9-10,13,15H2,1H3. The number of imidazole rings is 1. The van der Waals surface area contributed by atoms with Gasteiger partial charge in [0, 0.05) is 48.9 Å². The molecule has 1 N–H and O–H groups in total. The number of benzene rings is 1. The summed E-state index contributed by atoms with van der Waals surface area (Å²) in [5, 5.41) is 9.31. The first-order valence-electron chi connectivity index (χ1n) is 14.0. The molecule has 1 aromatic carbocycles. The van der Waals surface area contributed by atoms with Crippen molar-refractivity contribution in [3.63, 3.8) is 0 Å². The fraction of sp³-hybridized carbons (Fsp3) is 0.452. The number of fused-ring (bicyclic) bond motifs is 9. The number of likely N-dealkylation sites (N-methyl/N-ethyl adjacent to an activating group) is 1. The van der Waals surface area contributed by atoms with Gasteiger partial charge >= 0.3 is 0 Å². The van der Waals surface area contributed by atoms with Gasteiger partial charge in [-0.2, -0.15) is 0 Å². The van der Waals surface area contributed by atoms with Crippen LogP contribution in [0.3, 0.4) is 0 Å². The maximum absolute atomic E-state index is 15.1. The summed E-state index contributed by atoms with van der Waals surface area (Å²) in [6.45, 7) is 0.160. The third-order valence-electron chi connectivity index (χ3n) is 9.89. The molecule has 4 heterocycles. The van der Waals surface area contributed by atoms with Crippen LogP contribution in [0, 0.1) is 29.5 Å². The zero-order valence-corrected chi connectivity index (χ0v) is 21.4. The van der Waals surface area contributed by atoms with Gasteiger partial charge in [0.1, 0.15) is 11.6 Å². The number of carbonyl (C=O) groups is 1. The first-order valence-corrected chi connectivity index (χ1v) is 14.0. The normalized spacial score (nSPS) is 31.6. The molecule has 5 aliphatic rings. The molecule has 2 aliphatic heterocycles. The second-order valence-corrected chi connectivity index (χ2v) is 12.0. The zero-order chi connectivity index (χ0) is 25.7. The van der Waals surface area contributed by atoms with Crippen molar-refractivity contribution < 1.29 is 14.3 Å². The Morgan fingerprint density at radius 2 is 1.97 bits per heavy atom. The summed E-state index contributed by atoms with van der Waals surface area (Å²) < 4.78 is 17.5. The van der Waals surface area contributed by atoms with Crippen LogP contribution in [0.4, 0.5) is 4.39 Å². The van der Waals surface area contributed by atoms with Crippen LogP contribution in [0.2, 0.25) is 0 Å². The lowest BCUT2D eigenvalue weighted by Crippen LogP contribution is -2.36. The molecule has 0 spiro atoms. The number of likely N-dealkylation sites (tertiary alicyclic amines) is 1. The predicted octanol–water partition coefficient (Wildman–Crippen LogP) is 5.32. The molecule has 3 aliphatic carbocycles. The molecule has 7 heteroatoms. The van der Waals surface area contributed by atoms with Crippen LogP contribution < -0.4 is 0 Å². The summed E-state index contributed by atoms with van der Waals surface area (Å²) >= 11 is 0. The summed E-state index contributed by atoms with van der Waals surface area (Å²) in [6, 6.07) is 7.86. The minimum atomic E-state index is -0.272. The number of carbonyl (C=O) groups excluding carboxylic acids is 1. The third-order valence-corrected chi connectivity index (χ3v) is 9.89. The lowest BCUT2D eigenvalue weighted by atomic mass is 9.73. The van der Waals surface area contributed by atoms with Gasteiger partial charge in [0.05, 0.1) is 22.8 Å². The number of hydrogen-bond acceptors (Lipinski definition) is 4. The van der Waals surface area contributed by atoms with Gasteiger partial charge in [-0.05, 0) is 73.6 Å². The molecule has 8 rings (SSSR count). The van der Waals surface area contributed by atoms with Crippen LogP contribution in [-0.4, -0.2) is 44.1 Å². The molecule has 1 amide bonds. The highest BCUT2D eigenvalue weighted by atomic mass is 19.1. The van der Waals surface area contributed by atoms with E-state index in [4.69, 9.17) is 4.98 Å². The second kappa shape index (κ2) is 8.09. The number of hydrogen-bond donors (Lipinski definition) is 1. The predicted molar refractivity (Wildman–Crippen MR) is 142 cm³/mol. The average Bonchev–Trinajstić information content (AvgIpc) is 3.61. The van der Waals surface area contributed by atoms with Crippen molar-refractivity contribution in [3.8, 4) is 11.1 Å². The molecule has 0 radical (unpaired) electrons. The molecule has 6 nitrogen and oxygen atoms in total. The van der Waals surface area contributed by atoms with E-state index in [-0.39, 0.29) is 48.2 Å². The maximum Gasteiger partial charge on any atom is 0.250 e. The number of rotatable bonds is 4. The fourth-order valence-electron chi connectivity index (χ4n) is 7.65. The van der Waals surface area contributed by atoms with E-state index >= 15 is 4.39 Å². The average molecular weight is 511 g/mol. The van der Waals surface area contributed by atoms with E-state index in [2.05, 4.69) is 27.8 Å². The number of halogens is 1. The fourth-order valence-corrected chi connectivity index (χ4v) is 7.65. The molecule has 4 atom stereocenters. The van der Waals surface area contributed by atoms with Crippen LogP contribution in [-0.2, 0) is 4.79 Å². The molecule has 4 unspecified atom stereocenters. The number of pyridine rings is 1. The molecule has 3 aromatic rings. The van der Waals surface area contributed by atoms with E-state index in [9.17, 15) is 9.90 Å². The number of amides is 1. The molecular formula is C31H31FN4O2. The van der Waals surface area contributed by atoms with Gasteiger partial charge in [0.15, 0.2) is 0 Å². The topological polar surface area (TPSA) is 71.2 Å². The van der Waals surface area contributed by atoms with Gasteiger partial charge in [-0.15, -0.1) is 0 Å². The number of aliphatic hydroxyl groups is 1. The first kappa shape index (κ1) is 22.6. The van der Waals surface area contributed by atoms with E-state index in [0.717, 1.165) is 52.8 Å². The highest BCUT2D eigenvalue weighted by Gasteiger charge is 2.52. The number of aromatic nitrogens is 3. The largest absolute Gasteiger partial charge is 0.396 e. The Bertz CT molecular complexity index is 1550. The van der Waals surface area contributed by atoms with Crippen molar-refractivity contribution in [3.05, 3.63) is 71.6 Å². The summed E-state index contributed by atoms with van der Waals surface area (Å²) in [5.41, 5.74) is 5.08. The Morgan fingerprint density at radius 1 is 1.13 bits per heavy atom. The van der Waals surface area contributed by atoms with Crippen molar-refractivity contribution in [2.75, 3.05) is 13.7 Å². The van der Waals surface area contributed by atoms with Gasteiger partial charge in [0.25, 0.3) is 5.91 Å². The monoisotopic (exact) mass is 510 g/mol. The smallest absolute Gasteiger partial charge is 0.250 e. The van der Waals surface area contributed by atoms with Crippen molar-refractivity contribution >= 4 is 16.9 Å². The van der Waals surface area contributed by atoms with Gasteiger partial charge in [-0.3, -0.25) is 9.78 Å². The lowest BCUT2D eigenvalue weighted by molar-refractivity contribution is -0.128. The summed E-state index contributed by atoms with van der Waals surface area (Å²) in [7, 11) is 1.92. The van der Waals surface area contributed by atoms with Crippen LogP contribution in [0.15, 0.2) is 54.3 Å². The van der Waals surface area contributed by atoms with Crippen molar-refractivity contribution in [2.45, 2.75) is 50.1 Å². The quantitative estimate of drug-likeness (QED) is 0.516. The SMILES string of the molecule is CN1C(=O)C2=CC=CC(C3CC3)C2C2CC1c1nc3ccc(-c4cnc(C5CC(CO)C5)c(F)c4)cc3n12. The molecule has 2 saturated carbocycles. The Kier molecular flexibility index (Phi) is 4.82. The minimum absolute atomic E-state index is 0.0432. The summed E-state index contributed by atoms with van der Waals surface area (Å²) in [6.07, 6.45) is 13.2. The van der Waals surface area contributed by atoms with E-state index in [0.29, 0.717) is 17.5 Å². The lowest BCUT2D eigenvalue weighted by Gasteiger charge is -2.35. The Morgan fingerprint density at radius 3 is 2.74 bits per heavy atom. The van der Waals surface area contributed by atoms with Crippen LogP contribution in [0.1, 0.15) is 61.6 Å². The Hall–Kier alpha value is -3.32. The third kappa shape index (κ3) is 3.17. The second-order valence-electron chi connectivity index (χ2n) is 12.0. The minimum Gasteiger partial charge on any atom is -0.396 e. The molecule has 38 heavy (non-hydrogen) atoms. The maximum atomic E-state index is 15.1. The highest BCUT2D eigenvalue weighted by Crippen LogP contribution is 2.56. The van der Waals surface area contributed by atoms with E-state index < -0.39 is 0 Å². The Balaban J connectivity index is 1.21. The summed E-state index contributed by atoms with van der Waals surface area (Å²) in [4.78, 5) is 25.0. The number of nitrogens with zero attached hydrogens (tertiary/aromatic N) is 4.